The third-order valence-electron chi connectivity index (χ3n) is 2.07. The van der Waals surface area contributed by atoms with E-state index in [9.17, 15) is 12.8 Å². The Morgan fingerprint density at radius 2 is 2.12 bits per heavy atom. The molecule has 0 radical (unpaired) electrons. The molecule has 0 saturated carbocycles. The Bertz CT molecular complexity index is 534. The second kappa shape index (κ2) is 5.75. The van der Waals surface area contributed by atoms with Crippen LogP contribution < -0.4 is 0 Å². The number of benzene rings is 1. The summed E-state index contributed by atoms with van der Waals surface area (Å²) in [7, 11) is -1.93. The highest BCUT2D eigenvalue weighted by Gasteiger charge is 2.13. The molecule has 1 aromatic rings. The summed E-state index contributed by atoms with van der Waals surface area (Å²) in [5, 5.41) is 8.64. The Kier molecular flexibility index (Phi) is 4.61. The van der Waals surface area contributed by atoms with Gasteiger partial charge in [0.1, 0.15) is 5.82 Å². The van der Waals surface area contributed by atoms with E-state index in [4.69, 9.17) is 5.26 Å². The van der Waals surface area contributed by atoms with Crippen molar-refractivity contribution in [3.8, 4) is 6.07 Å². The summed E-state index contributed by atoms with van der Waals surface area (Å²) in [5.41, 5.74) is 0.389. The summed E-state index contributed by atoms with van der Waals surface area (Å²) in [4.78, 5) is 0. The molecule has 0 N–H and O–H groups in total. The number of hydrogen-bond acceptors (Lipinski definition) is 4. The number of halogens is 1. The van der Waals surface area contributed by atoms with Crippen molar-refractivity contribution in [2.75, 3.05) is 19.5 Å². The van der Waals surface area contributed by atoms with E-state index in [1.807, 2.05) is 0 Å². The molecule has 0 saturated heterocycles. The van der Waals surface area contributed by atoms with Gasteiger partial charge in [-0.25, -0.2) is 12.8 Å². The molecule has 0 heterocycles. The third kappa shape index (κ3) is 4.51. The molecular weight excluding hydrogens is 245 g/mol. The molecule has 0 aliphatic rings. The summed E-state index contributed by atoms with van der Waals surface area (Å²) >= 11 is 0. The second-order valence-corrected chi connectivity index (χ2v) is 5.73. The molecule has 0 spiro atoms. The van der Waals surface area contributed by atoms with E-state index in [0.717, 1.165) is 12.1 Å². The highest BCUT2D eigenvalue weighted by Crippen LogP contribution is 2.12. The van der Waals surface area contributed by atoms with Gasteiger partial charge in [0.25, 0.3) is 0 Å². The van der Waals surface area contributed by atoms with Crippen LogP contribution in [0.1, 0.15) is 11.1 Å². The quantitative estimate of drug-likeness (QED) is 0.796. The third-order valence-corrected chi connectivity index (χ3v) is 3.63. The molecule has 0 unspecified atom stereocenters. The minimum atomic E-state index is -3.34. The van der Waals surface area contributed by atoms with Crippen LogP contribution in [0, 0.1) is 17.1 Å². The maximum Gasteiger partial charge on any atom is 0.156 e. The number of hydrogen-bond donors (Lipinski definition) is 0. The van der Waals surface area contributed by atoms with Gasteiger partial charge < -0.3 is 4.74 Å². The summed E-state index contributed by atoms with van der Waals surface area (Å²) < 4.78 is 40.9. The van der Waals surface area contributed by atoms with Gasteiger partial charge in [-0.05, 0) is 23.8 Å². The van der Waals surface area contributed by atoms with Crippen LogP contribution in [0.5, 0.6) is 0 Å². The average Bonchev–Trinajstić information content (AvgIpc) is 2.25. The van der Waals surface area contributed by atoms with E-state index in [-0.39, 0.29) is 29.2 Å². The highest BCUT2D eigenvalue weighted by molar-refractivity contribution is 7.90. The van der Waals surface area contributed by atoms with Gasteiger partial charge >= 0.3 is 0 Å². The molecule has 17 heavy (non-hydrogen) atoms. The minimum absolute atomic E-state index is 0.1000. The molecule has 1 rings (SSSR count). The number of ether oxygens (including phenoxy) is 1. The maximum atomic E-state index is 13.1. The minimum Gasteiger partial charge on any atom is -0.384 e. The van der Waals surface area contributed by atoms with E-state index >= 15 is 0 Å². The van der Waals surface area contributed by atoms with Crippen molar-refractivity contribution in [3.05, 3.63) is 35.1 Å². The van der Waals surface area contributed by atoms with Gasteiger partial charge in [0.2, 0.25) is 0 Å². The van der Waals surface area contributed by atoms with Crippen LogP contribution in [0.15, 0.2) is 18.2 Å². The van der Waals surface area contributed by atoms with Gasteiger partial charge in [-0.2, -0.15) is 5.26 Å². The molecule has 0 amide bonds. The van der Waals surface area contributed by atoms with Gasteiger partial charge in [-0.3, -0.25) is 0 Å². The van der Waals surface area contributed by atoms with Crippen molar-refractivity contribution < 1.29 is 17.5 Å². The zero-order valence-electron chi connectivity index (χ0n) is 9.31. The monoisotopic (exact) mass is 257 g/mol. The predicted molar refractivity (Wildman–Crippen MR) is 60.5 cm³/mol. The molecule has 0 aliphatic carbocycles. The van der Waals surface area contributed by atoms with Crippen LogP contribution in [0.3, 0.4) is 0 Å². The van der Waals surface area contributed by atoms with Crippen LogP contribution in [-0.4, -0.2) is 27.9 Å². The van der Waals surface area contributed by atoms with Crippen LogP contribution >= 0.6 is 0 Å². The zero-order chi connectivity index (χ0) is 12.9. The Morgan fingerprint density at radius 1 is 1.41 bits per heavy atom. The summed E-state index contributed by atoms with van der Waals surface area (Å²) in [6, 6.07) is 5.32. The first-order valence-electron chi connectivity index (χ1n) is 4.86. The van der Waals surface area contributed by atoms with Crippen molar-refractivity contribution in [3.63, 3.8) is 0 Å². The van der Waals surface area contributed by atoms with Gasteiger partial charge in [0.05, 0.1) is 29.7 Å². The molecule has 92 valence electrons. The fraction of sp³-hybridized carbons (Fsp3) is 0.364. The largest absolute Gasteiger partial charge is 0.384 e. The molecule has 0 bridgehead atoms. The van der Waals surface area contributed by atoms with Crippen molar-refractivity contribution in [2.45, 2.75) is 5.75 Å². The highest BCUT2D eigenvalue weighted by atomic mass is 32.2. The lowest BCUT2D eigenvalue weighted by Crippen LogP contribution is -2.13. The SMILES string of the molecule is COCCS(=O)(=O)Cc1cc(F)cc(C#N)c1. The van der Waals surface area contributed by atoms with Gasteiger partial charge in [0, 0.05) is 7.11 Å². The molecule has 0 aromatic heterocycles. The first-order chi connectivity index (χ1) is 7.96. The average molecular weight is 257 g/mol. The number of sulfone groups is 1. The molecule has 0 atom stereocenters. The van der Waals surface area contributed by atoms with Crippen molar-refractivity contribution in [2.24, 2.45) is 0 Å². The molecule has 0 fully saturated rings. The Balaban J connectivity index is 2.89. The zero-order valence-corrected chi connectivity index (χ0v) is 10.1. The van der Waals surface area contributed by atoms with Crippen molar-refractivity contribution >= 4 is 9.84 Å². The standard InChI is InChI=1S/C11H12FNO3S/c1-16-2-3-17(14,15)8-10-4-9(7-13)5-11(12)6-10/h4-6H,2-3,8H2,1H3. The Labute approximate surface area is 99.6 Å². The Hall–Kier alpha value is -1.45. The van der Waals surface area contributed by atoms with Gasteiger partial charge in [0.15, 0.2) is 9.84 Å². The van der Waals surface area contributed by atoms with E-state index in [1.165, 1.54) is 13.2 Å². The first-order valence-corrected chi connectivity index (χ1v) is 6.68. The molecule has 0 aliphatic heterocycles. The van der Waals surface area contributed by atoms with Crippen LogP contribution in [-0.2, 0) is 20.3 Å². The topological polar surface area (TPSA) is 67.2 Å². The number of methoxy groups -OCH3 is 1. The van der Waals surface area contributed by atoms with Crippen LogP contribution in [0.2, 0.25) is 0 Å². The smallest absolute Gasteiger partial charge is 0.156 e. The fourth-order valence-corrected chi connectivity index (χ4v) is 2.57. The lowest BCUT2D eigenvalue weighted by molar-refractivity contribution is 0.217. The molecular formula is C11H12FNO3S. The van der Waals surface area contributed by atoms with Crippen molar-refractivity contribution in [1.82, 2.24) is 0 Å². The summed E-state index contributed by atoms with van der Waals surface area (Å²) in [6.45, 7) is 0.1000. The van der Waals surface area contributed by atoms with E-state index in [2.05, 4.69) is 4.74 Å². The van der Waals surface area contributed by atoms with Crippen LogP contribution in [0.25, 0.3) is 0 Å². The second-order valence-electron chi connectivity index (χ2n) is 3.54. The fourth-order valence-electron chi connectivity index (χ4n) is 1.33. The maximum absolute atomic E-state index is 13.1. The lowest BCUT2D eigenvalue weighted by Gasteiger charge is -2.04. The summed E-state index contributed by atoms with van der Waals surface area (Å²) in [6.07, 6.45) is 0. The van der Waals surface area contributed by atoms with Crippen molar-refractivity contribution in [1.29, 1.82) is 5.26 Å². The molecule has 6 heteroatoms. The van der Waals surface area contributed by atoms with E-state index in [1.54, 1.807) is 6.07 Å². The number of nitrogens with zero attached hydrogens (tertiary/aromatic N) is 1. The predicted octanol–water partition coefficient (Wildman–Crippen LogP) is 1.26. The van der Waals surface area contributed by atoms with Gasteiger partial charge in [-0.1, -0.05) is 0 Å². The summed E-state index contributed by atoms with van der Waals surface area (Å²) in [5.74, 6) is -1.02. The normalized spacial score (nSPS) is 11.1. The van der Waals surface area contributed by atoms with E-state index < -0.39 is 15.7 Å². The van der Waals surface area contributed by atoms with Gasteiger partial charge in [-0.15, -0.1) is 0 Å². The number of nitriles is 1. The number of rotatable bonds is 5. The molecule has 4 nitrogen and oxygen atoms in total. The lowest BCUT2D eigenvalue weighted by atomic mass is 10.1. The molecule has 1 aromatic carbocycles. The van der Waals surface area contributed by atoms with E-state index in [0.29, 0.717) is 0 Å². The first kappa shape index (κ1) is 13.6. The van der Waals surface area contributed by atoms with Crippen LogP contribution in [0.4, 0.5) is 4.39 Å². The Morgan fingerprint density at radius 3 is 2.71 bits per heavy atom.